The molecule has 7 N–H and O–H groups in total. The lowest BCUT2D eigenvalue weighted by atomic mass is 10.1. The van der Waals surface area contributed by atoms with Crippen LogP contribution in [-0.2, 0) is 39.7 Å². The third-order valence-corrected chi connectivity index (χ3v) is 11.8. The fourth-order valence-electron chi connectivity index (χ4n) is 5.42. The van der Waals surface area contributed by atoms with Gasteiger partial charge in [0.25, 0.3) is 30.4 Å². The third-order valence-electron chi connectivity index (χ3n) is 8.11. The van der Waals surface area contributed by atoms with E-state index in [-0.39, 0.29) is 72.7 Å². The van der Waals surface area contributed by atoms with Crippen LogP contribution in [0.4, 0.5) is 28.7 Å². The number of phenolic OH excluding ortho intramolecular Hbond substituents is 1. The Morgan fingerprint density at radius 2 is 1.29 bits per heavy atom. The van der Waals surface area contributed by atoms with Crippen molar-refractivity contribution in [2.45, 2.75) is 33.4 Å². The zero-order chi connectivity index (χ0) is 43.2. The highest BCUT2D eigenvalue weighted by Gasteiger charge is 2.27. The largest absolute Gasteiger partial charge is 0.505 e. The van der Waals surface area contributed by atoms with Gasteiger partial charge < -0.3 is 10.8 Å². The van der Waals surface area contributed by atoms with Gasteiger partial charge in [0.15, 0.2) is 17.4 Å². The van der Waals surface area contributed by atoms with Crippen LogP contribution < -0.4 is 5.73 Å². The van der Waals surface area contributed by atoms with Gasteiger partial charge in [0.2, 0.25) is 0 Å². The molecule has 0 aliphatic rings. The van der Waals surface area contributed by atoms with Gasteiger partial charge in [-0.3, -0.25) is 13.7 Å². The smallest absolute Gasteiger partial charge is 0.296 e. The molecule has 2 aromatic heterocycles. The van der Waals surface area contributed by atoms with Crippen molar-refractivity contribution >= 4 is 93.5 Å². The maximum Gasteiger partial charge on any atom is 0.296 e. The Hall–Kier alpha value is -5.90. The number of hydrogen-bond acceptors (Lipinski definition) is 19. The molecule has 59 heavy (non-hydrogen) atoms. The molecule has 0 amide bonds. The molecule has 0 atom stereocenters. The zero-order valence-electron chi connectivity index (χ0n) is 29.4. The first-order chi connectivity index (χ1) is 27.6. The molecule has 0 saturated heterocycles. The number of phenols is 1. The van der Waals surface area contributed by atoms with Gasteiger partial charge in [-0.25, -0.2) is 14.6 Å². The van der Waals surface area contributed by atoms with Crippen LogP contribution in [0.25, 0.3) is 22.1 Å². The van der Waals surface area contributed by atoms with Crippen LogP contribution in [0, 0.1) is 25.2 Å². The summed E-state index contributed by atoms with van der Waals surface area (Å²) >= 11 is 6.70. The van der Waals surface area contributed by atoms with Gasteiger partial charge in [0.05, 0.1) is 60.6 Å². The van der Waals surface area contributed by atoms with Gasteiger partial charge in [-0.2, -0.15) is 40.7 Å². The average Bonchev–Trinajstić information content (AvgIpc) is 3.64. The third kappa shape index (κ3) is 8.49. The van der Waals surface area contributed by atoms with Gasteiger partial charge in [0, 0.05) is 0 Å². The lowest BCUT2D eigenvalue weighted by Crippen LogP contribution is -2.02. The van der Waals surface area contributed by atoms with E-state index in [0.717, 1.165) is 45.8 Å². The minimum Gasteiger partial charge on any atom is -0.505 e. The molecule has 23 nitrogen and oxygen atoms in total. The van der Waals surface area contributed by atoms with Crippen LogP contribution in [-0.4, -0.2) is 68.8 Å². The molecule has 0 fully saturated rings. The average molecular weight is 907 g/mol. The summed E-state index contributed by atoms with van der Waals surface area (Å²) in [6.45, 7) is 2.95. The number of aryl methyl sites for hydroxylation is 2. The van der Waals surface area contributed by atoms with Crippen molar-refractivity contribution in [2.24, 2.45) is 20.5 Å². The molecule has 2 heterocycles. The molecule has 6 rings (SSSR count). The number of halogens is 1. The standard InChI is InChI=1S/C31H23ClN10O13S4/c1-14-21(13-33)30(41(39-14)17-3-7-19(8-4-17)57(45,46)47)37-35-27-22(56-55-54-44)11-16-12-23(59(51,52)53)28(26(34)24(16)29(27)43)36-38-31-25(32)15(2)40-42(31)18-5-9-20(10-6-18)58(48,49)50/h3-12,43-44H,34H2,1-2H3,(H,45,46,47)(H,48,49,50)(H,51,52,53). The Kier molecular flexibility index (Phi) is 11.6. The number of aromatic nitrogens is 4. The Morgan fingerprint density at radius 1 is 0.780 bits per heavy atom. The second-order valence-electron chi connectivity index (χ2n) is 11.8. The number of fused-ring (bicyclic) bond motifs is 1. The summed E-state index contributed by atoms with van der Waals surface area (Å²) in [4.78, 5) is -2.00. The molecule has 0 saturated carbocycles. The number of nitrogens with zero attached hydrogens (tertiary/aromatic N) is 9. The number of benzene rings is 4. The van der Waals surface area contributed by atoms with Crippen molar-refractivity contribution in [1.29, 1.82) is 5.26 Å². The molecule has 28 heteroatoms. The highest BCUT2D eigenvalue weighted by molar-refractivity contribution is 7.94. The molecule has 0 unspecified atom stereocenters. The number of azo groups is 2. The van der Waals surface area contributed by atoms with Crippen LogP contribution in [0.5, 0.6) is 5.75 Å². The van der Waals surface area contributed by atoms with Crippen LogP contribution >= 0.6 is 23.6 Å². The molecular formula is C31H23ClN10O13S4. The Balaban J connectivity index is 1.54. The number of hydrogen-bond donors (Lipinski definition) is 6. The summed E-state index contributed by atoms with van der Waals surface area (Å²) in [5.41, 5.74) is 5.20. The predicted molar refractivity (Wildman–Crippen MR) is 205 cm³/mol. The van der Waals surface area contributed by atoms with Crippen LogP contribution in [0.1, 0.15) is 17.0 Å². The summed E-state index contributed by atoms with van der Waals surface area (Å²) in [5, 5.41) is 58.3. The Morgan fingerprint density at radius 3 is 1.80 bits per heavy atom. The van der Waals surface area contributed by atoms with Crippen molar-refractivity contribution in [2.75, 3.05) is 5.73 Å². The lowest BCUT2D eigenvalue weighted by Gasteiger charge is -2.14. The van der Waals surface area contributed by atoms with Crippen LogP contribution in [0.15, 0.2) is 101 Å². The second kappa shape index (κ2) is 16.0. The minimum atomic E-state index is -5.17. The lowest BCUT2D eigenvalue weighted by molar-refractivity contribution is -0.432. The summed E-state index contributed by atoms with van der Waals surface area (Å²) in [6, 6.07) is 13.2. The van der Waals surface area contributed by atoms with Crippen molar-refractivity contribution in [1.82, 2.24) is 19.6 Å². The normalized spacial score (nSPS) is 12.6. The van der Waals surface area contributed by atoms with E-state index >= 15 is 0 Å². The monoisotopic (exact) mass is 906 g/mol. The van der Waals surface area contributed by atoms with Crippen molar-refractivity contribution in [3.63, 3.8) is 0 Å². The molecule has 306 valence electrons. The van der Waals surface area contributed by atoms with E-state index in [4.69, 9.17) is 22.6 Å². The molecule has 6 aromatic rings. The number of nitrogens with two attached hydrogens (primary N) is 1. The van der Waals surface area contributed by atoms with E-state index in [1.165, 1.54) is 38.1 Å². The van der Waals surface area contributed by atoms with E-state index in [1.54, 1.807) is 0 Å². The van der Waals surface area contributed by atoms with Gasteiger partial charge in [-0.1, -0.05) is 16.6 Å². The number of nitrogen functional groups attached to an aromatic ring is 1. The van der Waals surface area contributed by atoms with E-state index < -0.39 is 67.9 Å². The fraction of sp³-hybridized carbons (Fsp3) is 0.0645. The summed E-state index contributed by atoms with van der Waals surface area (Å²) in [7, 11) is -14.3. The topological polar surface area (TPSA) is 357 Å². The SMILES string of the molecule is Cc1nn(-c2ccc(S(=O)(=O)O)cc2)c(N=Nc2c(S(=O)(=O)O)cc3cc(SOOO)c(N=Nc4c(C#N)c(C)nn4-c4ccc(S(=O)(=O)O)cc4)c(O)c3c2N)c1Cl. The molecule has 0 radical (unpaired) electrons. The summed E-state index contributed by atoms with van der Waals surface area (Å²) < 4.78 is 107. The Bertz CT molecular complexity index is 3130. The molecule has 4 aromatic carbocycles. The van der Waals surface area contributed by atoms with Crippen molar-refractivity contribution < 1.29 is 58.6 Å². The summed E-state index contributed by atoms with van der Waals surface area (Å²) in [5.74, 6) is -1.29. The Labute approximate surface area is 340 Å². The minimum absolute atomic E-state index is 0.0979. The number of aromatic hydroxyl groups is 1. The fourth-order valence-corrected chi connectivity index (χ4v) is 7.70. The van der Waals surface area contributed by atoms with Gasteiger partial charge in [-0.15, -0.1) is 24.8 Å². The highest BCUT2D eigenvalue weighted by Crippen LogP contribution is 2.50. The predicted octanol–water partition coefficient (Wildman–Crippen LogP) is 6.64. The number of rotatable bonds is 12. The zero-order valence-corrected chi connectivity index (χ0v) is 33.4. The quantitative estimate of drug-likeness (QED) is 0.0187. The second-order valence-corrected chi connectivity index (χ2v) is 17.1. The molecular weight excluding hydrogens is 884 g/mol. The van der Waals surface area contributed by atoms with E-state index in [0.29, 0.717) is 0 Å². The van der Waals surface area contributed by atoms with Crippen LogP contribution in [0.2, 0.25) is 5.02 Å². The summed E-state index contributed by atoms with van der Waals surface area (Å²) in [6.07, 6.45) is 0. The maximum atomic E-state index is 12.7. The molecule has 0 aliphatic heterocycles. The molecule has 0 aliphatic carbocycles. The van der Waals surface area contributed by atoms with Crippen molar-refractivity contribution in [3.05, 3.63) is 82.6 Å². The van der Waals surface area contributed by atoms with Crippen molar-refractivity contribution in [3.8, 4) is 23.2 Å². The molecule has 0 spiro atoms. The van der Waals surface area contributed by atoms with Gasteiger partial charge in [0.1, 0.15) is 32.9 Å². The first-order valence-corrected chi connectivity index (χ1v) is 21.1. The highest BCUT2D eigenvalue weighted by atomic mass is 35.5. The first kappa shape index (κ1) is 42.7. The van der Waals surface area contributed by atoms with Gasteiger partial charge in [-0.05, 0) is 79.9 Å². The van der Waals surface area contributed by atoms with E-state index in [1.807, 2.05) is 6.07 Å². The van der Waals surface area contributed by atoms with E-state index in [2.05, 4.69) is 40.0 Å². The number of anilines is 1. The van der Waals surface area contributed by atoms with Gasteiger partial charge >= 0.3 is 0 Å². The van der Waals surface area contributed by atoms with E-state index in [9.17, 15) is 49.3 Å². The number of nitriles is 1. The van der Waals surface area contributed by atoms with Crippen LogP contribution in [0.3, 0.4) is 0 Å². The first-order valence-electron chi connectivity index (χ1n) is 15.6. The molecule has 0 bridgehead atoms. The maximum absolute atomic E-state index is 12.7.